The second-order valence-corrected chi connectivity index (χ2v) is 7.23. The molecule has 0 fully saturated rings. The van der Waals surface area contributed by atoms with Crippen LogP contribution in [-0.4, -0.2) is 48.6 Å². The number of carbonyl (C=O) groups is 3. The Kier molecular flexibility index (Phi) is 7.28. The molecule has 2 aromatic carbocycles. The molecule has 1 aliphatic heterocycles. The summed E-state index contributed by atoms with van der Waals surface area (Å²) in [5, 5.41) is 0. The standard InChI is InChI=1S/C24H27NO6/c1-4-29-23(27)19-12-20(24(28)30-5-2)14-21(13-19)31-16(3)22(26)25-11-10-17-8-6-7-9-18(17)15-25/h6-9,12-14,16H,4-5,10-11,15H2,1-3H3/t16-/m1/s1. The lowest BCUT2D eigenvalue weighted by Gasteiger charge is -2.31. The van der Waals surface area contributed by atoms with Crippen LogP contribution in [0.15, 0.2) is 42.5 Å². The molecule has 7 nitrogen and oxygen atoms in total. The number of hydrogen-bond donors (Lipinski definition) is 0. The topological polar surface area (TPSA) is 82.1 Å². The summed E-state index contributed by atoms with van der Waals surface area (Å²) in [6, 6.07) is 12.4. The molecule has 0 bridgehead atoms. The quantitative estimate of drug-likeness (QED) is 0.633. The molecule has 0 radical (unpaired) electrons. The zero-order valence-electron chi connectivity index (χ0n) is 18.1. The van der Waals surface area contributed by atoms with Crippen molar-refractivity contribution in [2.45, 2.75) is 39.8 Å². The van der Waals surface area contributed by atoms with Crippen LogP contribution in [-0.2, 0) is 27.2 Å². The molecule has 31 heavy (non-hydrogen) atoms. The molecule has 7 heteroatoms. The fraction of sp³-hybridized carbons (Fsp3) is 0.375. The van der Waals surface area contributed by atoms with E-state index in [1.165, 1.54) is 23.8 Å². The lowest BCUT2D eigenvalue weighted by molar-refractivity contribution is -0.138. The third-order valence-electron chi connectivity index (χ3n) is 5.03. The number of ether oxygens (including phenoxy) is 3. The highest BCUT2D eigenvalue weighted by Crippen LogP contribution is 2.23. The predicted octanol–water partition coefficient (Wildman–Crippen LogP) is 3.39. The molecule has 0 aliphatic carbocycles. The second kappa shape index (κ2) is 10.1. The van der Waals surface area contributed by atoms with E-state index in [1.807, 2.05) is 18.2 Å². The molecule has 0 saturated heterocycles. The highest BCUT2D eigenvalue weighted by Gasteiger charge is 2.26. The Balaban J connectivity index is 1.77. The number of fused-ring (bicyclic) bond motifs is 1. The first-order valence-corrected chi connectivity index (χ1v) is 10.4. The molecule has 0 spiro atoms. The van der Waals surface area contributed by atoms with E-state index in [4.69, 9.17) is 14.2 Å². The van der Waals surface area contributed by atoms with Crippen molar-refractivity contribution in [3.05, 3.63) is 64.7 Å². The fourth-order valence-corrected chi connectivity index (χ4v) is 3.53. The van der Waals surface area contributed by atoms with Crippen LogP contribution in [0.5, 0.6) is 5.75 Å². The number of hydrogen-bond acceptors (Lipinski definition) is 6. The Hall–Kier alpha value is -3.35. The molecular weight excluding hydrogens is 398 g/mol. The van der Waals surface area contributed by atoms with Crippen molar-refractivity contribution in [3.8, 4) is 5.75 Å². The van der Waals surface area contributed by atoms with E-state index in [0.717, 1.165) is 12.0 Å². The zero-order chi connectivity index (χ0) is 22.4. The molecule has 2 aromatic rings. The van der Waals surface area contributed by atoms with Crippen LogP contribution in [0.4, 0.5) is 0 Å². The number of esters is 2. The molecule has 1 aliphatic rings. The van der Waals surface area contributed by atoms with Gasteiger partial charge in [0.1, 0.15) is 5.75 Å². The molecule has 3 rings (SSSR count). The van der Waals surface area contributed by atoms with Gasteiger partial charge >= 0.3 is 11.9 Å². The molecule has 1 amide bonds. The van der Waals surface area contributed by atoms with Crippen LogP contribution >= 0.6 is 0 Å². The molecule has 164 valence electrons. The number of carbonyl (C=O) groups excluding carboxylic acids is 3. The molecular formula is C24H27NO6. The minimum absolute atomic E-state index is 0.159. The normalized spacial score (nSPS) is 13.7. The van der Waals surface area contributed by atoms with Crippen molar-refractivity contribution in [2.75, 3.05) is 19.8 Å². The third kappa shape index (κ3) is 5.42. The first-order chi connectivity index (χ1) is 14.9. The van der Waals surface area contributed by atoms with Crippen LogP contribution in [0.2, 0.25) is 0 Å². The van der Waals surface area contributed by atoms with E-state index < -0.39 is 18.0 Å². The summed E-state index contributed by atoms with van der Waals surface area (Å²) < 4.78 is 15.9. The summed E-state index contributed by atoms with van der Waals surface area (Å²) in [6.07, 6.45) is -0.00210. The zero-order valence-corrected chi connectivity index (χ0v) is 18.1. The molecule has 0 unspecified atom stereocenters. The van der Waals surface area contributed by atoms with Crippen molar-refractivity contribution in [1.82, 2.24) is 4.90 Å². The van der Waals surface area contributed by atoms with Crippen LogP contribution in [0, 0.1) is 0 Å². The van der Waals surface area contributed by atoms with Crippen LogP contribution < -0.4 is 4.74 Å². The van der Waals surface area contributed by atoms with E-state index in [-0.39, 0.29) is 36.0 Å². The Morgan fingerprint density at radius 2 is 1.52 bits per heavy atom. The van der Waals surface area contributed by atoms with Gasteiger partial charge in [-0.2, -0.15) is 0 Å². The maximum atomic E-state index is 13.0. The monoisotopic (exact) mass is 425 g/mol. The highest BCUT2D eigenvalue weighted by atomic mass is 16.5. The fourth-order valence-electron chi connectivity index (χ4n) is 3.53. The SMILES string of the molecule is CCOC(=O)c1cc(O[C@H](C)C(=O)N2CCc3ccccc3C2)cc(C(=O)OCC)c1. The van der Waals surface area contributed by atoms with Crippen LogP contribution in [0.1, 0.15) is 52.6 Å². The maximum absolute atomic E-state index is 13.0. The Labute approximate surface area is 181 Å². The first kappa shape index (κ1) is 22.3. The van der Waals surface area contributed by atoms with Gasteiger partial charge in [0.2, 0.25) is 0 Å². The number of amides is 1. The lowest BCUT2D eigenvalue weighted by atomic mass is 9.99. The second-order valence-electron chi connectivity index (χ2n) is 7.23. The van der Waals surface area contributed by atoms with Gasteiger partial charge in [-0.3, -0.25) is 4.79 Å². The van der Waals surface area contributed by atoms with Gasteiger partial charge < -0.3 is 19.1 Å². The van der Waals surface area contributed by atoms with E-state index in [1.54, 1.807) is 25.7 Å². The van der Waals surface area contributed by atoms with Gasteiger partial charge in [0.05, 0.1) is 24.3 Å². The van der Waals surface area contributed by atoms with Gasteiger partial charge in [-0.05, 0) is 56.5 Å². The first-order valence-electron chi connectivity index (χ1n) is 10.4. The predicted molar refractivity (Wildman–Crippen MR) is 114 cm³/mol. The van der Waals surface area contributed by atoms with Crippen molar-refractivity contribution < 1.29 is 28.6 Å². The largest absolute Gasteiger partial charge is 0.481 e. The van der Waals surface area contributed by atoms with E-state index in [0.29, 0.717) is 13.1 Å². The summed E-state index contributed by atoms with van der Waals surface area (Å²) in [4.78, 5) is 39.1. The summed E-state index contributed by atoms with van der Waals surface area (Å²) in [7, 11) is 0. The summed E-state index contributed by atoms with van der Waals surface area (Å²) >= 11 is 0. The molecule has 0 N–H and O–H groups in total. The summed E-state index contributed by atoms with van der Waals surface area (Å²) in [6.45, 7) is 6.59. The number of benzene rings is 2. The summed E-state index contributed by atoms with van der Waals surface area (Å²) in [5.41, 5.74) is 2.70. The van der Waals surface area contributed by atoms with Crippen LogP contribution in [0.3, 0.4) is 0 Å². The van der Waals surface area contributed by atoms with E-state index in [2.05, 4.69) is 6.07 Å². The van der Waals surface area contributed by atoms with Crippen LogP contribution in [0.25, 0.3) is 0 Å². The van der Waals surface area contributed by atoms with Gasteiger partial charge in [0.15, 0.2) is 6.10 Å². The van der Waals surface area contributed by atoms with Gasteiger partial charge in [-0.15, -0.1) is 0 Å². The van der Waals surface area contributed by atoms with Crippen molar-refractivity contribution in [3.63, 3.8) is 0 Å². The van der Waals surface area contributed by atoms with E-state index >= 15 is 0 Å². The van der Waals surface area contributed by atoms with Gasteiger partial charge in [-0.1, -0.05) is 24.3 Å². The average Bonchev–Trinajstić information content (AvgIpc) is 2.78. The minimum Gasteiger partial charge on any atom is -0.481 e. The number of rotatable bonds is 7. The van der Waals surface area contributed by atoms with Crippen molar-refractivity contribution in [2.24, 2.45) is 0 Å². The summed E-state index contributed by atoms with van der Waals surface area (Å²) in [5.74, 6) is -1.09. The lowest BCUT2D eigenvalue weighted by Crippen LogP contribution is -2.43. The van der Waals surface area contributed by atoms with E-state index in [9.17, 15) is 14.4 Å². The molecule has 0 aromatic heterocycles. The Morgan fingerprint density at radius 1 is 0.935 bits per heavy atom. The minimum atomic E-state index is -0.794. The molecule has 1 heterocycles. The van der Waals surface area contributed by atoms with Gasteiger partial charge in [0.25, 0.3) is 5.91 Å². The van der Waals surface area contributed by atoms with Gasteiger partial charge in [0, 0.05) is 13.1 Å². The third-order valence-corrected chi connectivity index (χ3v) is 5.03. The molecule has 1 atom stereocenters. The van der Waals surface area contributed by atoms with Gasteiger partial charge in [-0.25, -0.2) is 9.59 Å². The maximum Gasteiger partial charge on any atom is 0.338 e. The number of nitrogens with zero attached hydrogens (tertiary/aromatic N) is 1. The van der Waals surface area contributed by atoms with Crippen molar-refractivity contribution >= 4 is 17.8 Å². The Bertz CT molecular complexity index is 934. The highest BCUT2D eigenvalue weighted by molar-refractivity contribution is 5.96. The Morgan fingerprint density at radius 3 is 2.10 bits per heavy atom. The molecule has 0 saturated carbocycles. The average molecular weight is 425 g/mol. The smallest absolute Gasteiger partial charge is 0.338 e. The van der Waals surface area contributed by atoms with Crippen molar-refractivity contribution in [1.29, 1.82) is 0 Å².